The van der Waals surface area contributed by atoms with Crippen LogP contribution in [0, 0.1) is 5.92 Å². The van der Waals surface area contributed by atoms with Crippen LogP contribution in [0.1, 0.15) is 19.5 Å². The summed E-state index contributed by atoms with van der Waals surface area (Å²) in [4.78, 5) is 13.5. The first-order valence-electron chi connectivity index (χ1n) is 5.23. The van der Waals surface area contributed by atoms with Gasteiger partial charge in [0.15, 0.2) is 0 Å². The van der Waals surface area contributed by atoms with Gasteiger partial charge in [0.05, 0.1) is 11.7 Å². The van der Waals surface area contributed by atoms with Gasteiger partial charge in [-0.3, -0.25) is 10.1 Å². The van der Waals surface area contributed by atoms with Crippen molar-refractivity contribution in [1.82, 2.24) is 19.8 Å². The summed E-state index contributed by atoms with van der Waals surface area (Å²) in [5, 5.41) is 9.03. The molecule has 0 saturated carbocycles. The molecule has 1 heterocycles. The average molecular weight is 242 g/mol. The second-order valence-electron chi connectivity index (χ2n) is 4.23. The Labute approximate surface area is 100 Å². The van der Waals surface area contributed by atoms with Gasteiger partial charge in [0.1, 0.15) is 0 Å². The molecule has 5 nitrogen and oxygen atoms in total. The number of hydrogen-bond donors (Lipinski definition) is 1. The number of rotatable bonds is 5. The highest BCUT2D eigenvalue weighted by Gasteiger charge is 2.23. The Hall–Kier alpha value is -1.01. The lowest BCUT2D eigenvalue weighted by Crippen LogP contribution is -2.46. The summed E-state index contributed by atoms with van der Waals surface area (Å²) in [6.45, 7) is 4.63. The molecular formula is C10H18N4OS. The summed E-state index contributed by atoms with van der Waals surface area (Å²) in [5.41, 5.74) is 0.877. The number of hydrogen-bond acceptors (Lipinski definition) is 5. The zero-order valence-electron chi connectivity index (χ0n) is 10.1. The highest BCUT2D eigenvalue weighted by molar-refractivity contribution is 7.03. The van der Waals surface area contributed by atoms with Crippen molar-refractivity contribution in [3.8, 4) is 0 Å². The Kier molecular flexibility index (Phi) is 4.82. The molecule has 0 aliphatic heterocycles. The molecular weight excluding hydrogens is 224 g/mol. The van der Waals surface area contributed by atoms with Gasteiger partial charge >= 0.3 is 0 Å². The largest absolute Gasteiger partial charge is 0.347 e. The second-order valence-corrected chi connectivity index (χ2v) is 4.84. The minimum atomic E-state index is -0.170. The van der Waals surface area contributed by atoms with Crippen molar-refractivity contribution in [3.05, 3.63) is 11.1 Å². The van der Waals surface area contributed by atoms with Crippen LogP contribution in [0.3, 0.4) is 0 Å². The van der Waals surface area contributed by atoms with E-state index in [0.717, 1.165) is 5.69 Å². The number of aromatic nitrogens is 2. The third-order valence-electron chi connectivity index (χ3n) is 2.28. The van der Waals surface area contributed by atoms with E-state index in [4.69, 9.17) is 0 Å². The molecule has 1 N–H and O–H groups in total. The molecule has 1 rings (SSSR count). The van der Waals surface area contributed by atoms with Crippen LogP contribution in [0.5, 0.6) is 0 Å². The van der Waals surface area contributed by atoms with Gasteiger partial charge < -0.3 is 4.90 Å². The summed E-state index contributed by atoms with van der Waals surface area (Å²) < 4.78 is 3.78. The summed E-state index contributed by atoms with van der Waals surface area (Å²) in [5.74, 6) is 0.347. The Bertz CT molecular complexity index is 324. The summed E-state index contributed by atoms with van der Waals surface area (Å²) in [6, 6.07) is -0.170. The molecule has 0 radical (unpaired) electrons. The molecule has 16 heavy (non-hydrogen) atoms. The van der Waals surface area contributed by atoms with Gasteiger partial charge in [0.25, 0.3) is 0 Å². The van der Waals surface area contributed by atoms with Crippen molar-refractivity contribution in [2.24, 2.45) is 5.92 Å². The molecule has 0 bridgehead atoms. The molecule has 0 saturated heterocycles. The van der Waals surface area contributed by atoms with Crippen molar-refractivity contribution in [3.63, 3.8) is 0 Å². The Morgan fingerprint density at radius 1 is 1.56 bits per heavy atom. The zero-order valence-corrected chi connectivity index (χ0v) is 10.9. The van der Waals surface area contributed by atoms with Crippen LogP contribution in [0.4, 0.5) is 0 Å². The van der Waals surface area contributed by atoms with Crippen LogP contribution in [-0.4, -0.2) is 40.5 Å². The van der Waals surface area contributed by atoms with Crippen LogP contribution in [0.15, 0.2) is 5.38 Å². The van der Waals surface area contributed by atoms with E-state index in [9.17, 15) is 4.79 Å². The van der Waals surface area contributed by atoms with Crippen LogP contribution >= 0.6 is 11.5 Å². The quantitative estimate of drug-likeness (QED) is 0.827. The smallest absolute Gasteiger partial charge is 0.239 e. The summed E-state index contributed by atoms with van der Waals surface area (Å²) in [6.07, 6.45) is 0. The number of nitrogens with one attached hydrogen (secondary N) is 1. The van der Waals surface area contributed by atoms with Crippen molar-refractivity contribution < 1.29 is 4.79 Å². The number of carbonyl (C=O) groups excluding carboxylic acids is 1. The van der Waals surface area contributed by atoms with Gasteiger partial charge in [-0.25, -0.2) is 0 Å². The van der Waals surface area contributed by atoms with Crippen molar-refractivity contribution in [2.45, 2.75) is 26.4 Å². The van der Waals surface area contributed by atoms with E-state index in [0.29, 0.717) is 6.54 Å². The Balaban J connectivity index is 2.55. The number of nitrogens with zero attached hydrogens (tertiary/aromatic N) is 3. The van der Waals surface area contributed by atoms with Crippen molar-refractivity contribution in [2.75, 3.05) is 14.1 Å². The molecule has 1 aromatic heterocycles. The van der Waals surface area contributed by atoms with Crippen LogP contribution in [0.25, 0.3) is 0 Å². The first kappa shape index (κ1) is 13.1. The maximum Gasteiger partial charge on any atom is 0.239 e. The monoisotopic (exact) mass is 242 g/mol. The lowest BCUT2D eigenvalue weighted by Gasteiger charge is -2.24. The third-order valence-corrected chi connectivity index (χ3v) is 2.84. The van der Waals surface area contributed by atoms with E-state index in [-0.39, 0.29) is 17.9 Å². The van der Waals surface area contributed by atoms with Crippen LogP contribution in [-0.2, 0) is 11.3 Å². The van der Waals surface area contributed by atoms with Crippen molar-refractivity contribution >= 4 is 17.4 Å². The molecule has 0 aromatic carbocycles. The predicted molar refractivity (Wildman–Crippen MR) is 64.1 cm³/mol. The van der Waals surface area contributed by atoms with Crippen LogP contribution < -0.4 is 5.32 Å². The van der Waals surface area contributed by atoms with Gasteiger partial charge in [0.2, 0.25) is 5.91 Å². The predicted octanol–water partition coefficient (Wildman–Crippen LogP) is 0.740. The maximum absolute atomic E-state index is 11.9. The topological polar surface area (TPSA) is 58.1 Å². The van der Waals surface area contributed by atoms with Gasteiger partial charge in [-0.05, 0) is 17.5 Å². The van der Waals surface area contributed by atoms with Gasteiger partial charge in [0, 0.05) is 26.0 Å². The molecule has 1 unspecified atom stereocenters. The molecule has 0 aliphatic rings. The van der Waals surface area contributed by atoms with Crippen LogP contribution in [0.2, 0.25) is 0 Å². The molecule has 0 fully saturated rings. The molecule has 0 aliphatic carbocycles. The van der Waals surface area contributed by atoms with E-state index >= 15 is 0 Å². The van der Waals surface area contributed by atoms with Gasteiger partial charge in [-0.1, -0.05) is 18.3 Å². The second kappa shape index (κ2) is 5.91. The molecule has 90 valence electrons. The van der Waals surface area contributed by atoms with E-state index in [1.165, 1.54) is 11.5 Å². The molecule has 1 aromatic rings. The first-order chi connectivity index (χ1) is 7.52. The highest BCUT2D eigenvalue weighted by atomic mass is 32.1. The SMILES string of the molecule is CC(C)C(NCc1csnn1)C(=O)N(C)C. The van der Waals surface area contributed by atoms with Gasteiger partial charge in [-0.15, -0.1) is 5.10 Å². The first-order valence-corrected chi connectivity index (χ1v) is 6.06. The van der Waals surface area contributed by atoms with E-state index in [1.807, 2.05) is 19.2 Å². The summed E-state index contributed by atoms with van der Waals surface area (Å²) in [7, 11) is 3.54. The lowest BCUT2D eigenvalue weighted by atomic mass is 10.0. The number of amides is 1. The molecule has 6 heteroatoms. The maximum atomic E-state index is 11.9. The third kappa shape index (κ3) is 3.53. The highest BCUT2D eigenvalue weighted by Crippen LogP contribution is 2.06. The zero-order chi connectivity index (χ0) is 12.1. The number of carbonyl (C=O) groups is 1. The minimum absolute atomic E-state index is 0.0955. The van der Waals surface area contributed by atoms with E-state index < -0.39 is 0 Å². The average Bonchev–Trinajstić information content (AvgIpc) is 2.69. The van der Waals surface area contributed by atoms with E-state index in [1.54, 1.807) is 19.0 Å². The fraction of sp³-hybridized carbons (Fsp3) is 0.700. The molecule has 0 spiro atoms. The van der Waals surface area contributed by atoms with Gasteiger partial charge in [-0.2, -0.15) is 0 Å². The van der Waals surface area contributed by atoms with Crippen molar-refractivity contribution in [1.29, 1.82) is 0 Å². The molecule has 1 atom stereocenters. The standard InChI is InChI=1S/C10H18N4OS/c1-7(2)9(10(15)14(3)4)11-5-8-6-16-13-12-8/h6-7,9,11H,5H2,1-4H3. The lowest BCUT2D eigenvalue weighted by molar-refractivity contribution is -0.132. The fourth-order valence-corrected chi connectivity index (χ4v) is 1.81. The Morgan fingerprint density at radius 2 is 2.25 bits per heavy atom. The Morgan fingerprint density at radius 3 is 2.69 bits per heavy atom. The van der Waals surface area contributed by atoms with E-state index in [2.05, 4.69) is 14.9 Å². The number of likely N-dealkylation sites (N-methyl/N-ethyl adjacent to an activating group) is 1. The minimum Gasteiger partial charge on any atom is -0.347 e. The fourth-order valence-electron chi connectivity index (χ4n) is 1.36. The summed E-state index contributed by atoms with van der Waals surface area (Å²) >= 11 is 1.32. The normalized spacial score (nSPS) is 12.8. The molecule has 1 amide bonds.